The first-order valence-electron chi connectivity index (χ1n) is 12.1. The number of aryl methyl sites for hydroxylation is 1. The van der Waals surface area contributed by atoms with E-state index in [9.17, 15) is 14.4 Å². The molecule has 0 atom stereocenters. The smallest absolute Gasteiger partial charge is 0.268 e. The van der Waals surface area contributed by atoms with Crippen molar-refractivity contribution in [3.63, 3.8) is 0 Å². The van der Waals surface area contributed by atoms with Crippen molar-refractivity contribution < 1.29 is 18.9 Å². The fourth-order valence-electron chi connectivity index (χ4n) is 4.58. The van der Waals surface area contributed by atoms with Crippen LogP contribution in [0.1, 0.15) is 54.0 Å². The van der Waals surface area contributed by atoms with E-state index in [1.807, 2.05) is 32.3 Å². The summed E-state index contributed by atoms with van der Waals surface area (Å²) in [4.78, 5) is 49.3. The minimum absolute atomic E-state index is 0.133. The van der Waals surface area contributed by atoms with E-state index in [4.69, 9.17) is 4.52 Å². The zero-order valence-corrected chi connectivity index (χ0v) is 21.0. The van der Waals surface area contributed by atoms with Crippen LogP contribution in [0.3, 0.4) is 0 Å². The van der Waals surface area contributed by atoms with Crippen LogP contribution in [0, 0.1) is 6.92 Å². The second-order valence-electron chi connectivity index (χ2n) is 9.39. The number of amides is 3. The van der Waals surface area contributed by atoms with Crippen molar-refractivity contribution in [3.05, 3.63) is 82.1 Å². The molecular formula is C27H28N6O4. The predicted molar refractivity (Wildman–Crippen MR) is 136 cm³/mol. The fraction of sp³-hybridized carbons (Fsp3) is 0.296. The first-order valence-corrected chi connectivity index (χ1v) is 12.1. The molecule has 10 heteroatoms. The van der Waals surface area contributed by atoms with Crippen LogP contribution in [0.25, 0.3) is 10.9 Å². The van der Waals surface area contributed by atoms with Gasteiger partial charge in [0, 0.05) is 24.0 Å². The fourth-order valence-corrected chi connectivity index (χ4v) is 4.58. The van der Waals surface area contributed by atoms with Crippen LogP contribution in [0.4, 0.5) is 0 Å². The lowest BCUT2D eigenvalue weighted by molar-refractivity contribution is 0.0655. The molecule has 0 saturated carbocycles. The standard InChI is InChI=1S/C27H28N6O4/c1-16-29-23(37-31-16)15-28-25(34)24-18(11-12-32(2)3)21-14-17(8-9-22(21)30-24)10-13-33-26(35)19-6-4-5-7-20(19)27(33)36/h4-9,14,30H,10-13,15H2,1-3H3,(H,28,34). The highest BCUT2D eigenvalue weighted by Gasteiger charge is 2.34. The van der Waals surface area contributed by atoms with Crippen LogP contribution in [0.5, 0.6) is 0 Å². The van der Waals surface area contributed by atoms with Gasteiger partial charge in [0.2, 0.25) is 5.89 Å². The third kappa shape index (κ3) is 4.88. The summed E-state index contributed by atoms with van der Waals surface area (Å²) in [6.07, 6.45) is 1.18. The Hall–Kier alpha value is -4.31. The second kappa shape index (κ2) is 9.98. The molecule has 2 aromatic carbocycles. The van der Waals surface area contributed by atoms with Gasteiger partial charge in [-0.25, -0.2) is 0 Å². The number of nitrogens with one attached hydrogen (secondary N) is 2. The summed E-state index contributed by atoms with van der Waals surface area (Å²) < 4.78 is 5.09. The maximum atomic E-state index is 13.1. The van der Waals surface area contributed by atoms with Gasteiger partial charge in [-0.1, -0.05) is 23.4 Å². The van der Waals surface area contributed by atoms with Crippen molar-refractivity contribution in [2.45, 2.75) is 26.3 Å². The van der Waals surface area contributed by atoms with Crippen LogP contribution < -0.4 is 5.32 Å². The maximum Gasteiger partial charge on any atom is 0.268 e. The molecule has 1 aliphatic heterocycles. The summed E-state index contributed by atoms with van der Waals surface area (Å²) >= 11 is 0. The molecule has 190 valence electrons. The highest BCUT2D eigenvalue weighted by atomic mass is 16.5. The monoisotopic (exact) mass is 500 g/mol. The molecule has 0 unspecified atom stereocenters. The molecule has 5 rings (SSSR count). The first kappa shape index (κ1) is 24.4. The Bertz CT molecular complexity index is 1470. The minimum Gasteiger partial charge on any atom is -0.350 e. The summed E-state index contributed by atoms with van der Waals surface area (Å²) in [5.41, 5.74) is 4.12. The molecule has 10 nitrogen and oxygen atoms in total. The van der Waals surface area contributed by atoms with E-state index in [1.165, 1.54) is 4.90 Å². The lowest BCUT2D eigenvalue weighted by Crippen LogP contribution is -2.31. The van der Waals surface area contributed by atoms with Crippen LogP contribution >= 0.6 is 0 Å². The summed E-state index contributed by atoms with van der Waals surface area (Å²) in [5, 5.41) is 7.55. The molecule has 0 saturated heterocycles. The number of hydrogen-bond donors (Lipinski definition) is 2. The SMILES string of the molecule is Cc1noc(CNC(=O)c2[nH]c3ccc(CCN4C(=O)c5ccccc5C4=O)cc3c2CCN(C)C)n1. The predicted octanol–water partition coefficient (Wildman–Crippen LogP) is 2.73. The first-order chi connectivity index (χ1) is 17.8. The van der Waals surface area contributed by atoms with Gasteiger partial charge in [-0.3, -0.25) is 19.3 Å². The maximum absolute atomic E-state index is 13.1. The van der Waals surface area contributed by atoms with E-state index < -0.39 is 0 Å². The van der Waals surface area contributed by atoms with Gasteiger partial charge in [-0.05, 0) is 69.3 Å². The molecule has 0 bridgehead atoms. The molecule has 0 spiro atoms. The largest absolute Gasteiger partial charge is 0.350 e. The lowest BCUT2D eigenvalue weighted by Gasteiger charge is -2.14. The number of H-pyrrole nitrogens is 1. The Balaban J connectivity index is 1.37. The Morgan fingerprint density at radius 3 is 2.46 bits per heavy atom. The van der Waals surface area contributed by atoms with Crippen molar-refractivity contribution >= 4 is 28.6 Å². The number of benzene rings is 2. The summed E-state index contributed by atoms with van der Waals surface area (Å²) in [7, 11) is 3.97. The van der Waals surface area contributed by atoms with Crippen LogP contribution in [0.2, 0.25) is 0 Å². The number of carbonyl (C=O) groups is 3. The number of likely N-dealkylation sites (N-methyl/N-ethyl adjacent to an activating group) is 1. The van der Waals surface area contributed by atoms with Gasteiger partial charge in [0.25, 0.3) is 17.7 Å². The van der Waals surface area contributed by atoms with Gasteiger partial charge < -0.3 is 19.7 Å². The number of fused-ring (bicyclic) bond motifs is 2. The van der Waals surface area contributed by atoms with Gasteiger partial charge in [0.05, 0.1) is 17.7 Å². The number of aromatic nitrogens is 3. The Morgan fingerprint density at radius 2 is 1.81 bits per heavy atom. The molecule has 0 fully saturated rings. The van der Waals surface area contributed by atoms with Gasteiger partial charge >= 0.3 is 0 Å². The number of aromatic amines is 1. The molecule has 2 aromatic heterocycles. The third-order valence-corrected chi connectivity index (χ3v) is 6.48. The summed E-state index contributed by atoms with van der Waals surface area (Å²) in [6.45, 7) is 2.90. The lowest BCUT2D eigenvalue weighted by atomic mass is 10.0. The van der Waals surface area contributed by atoms with Crippen LogP contribution in [-0.4, -0.2) is 69.8 Å². The number of nitrogens with zero attached hydrogens (tertiary/aromatic N) is 4. The normalized spacial score (nSPS) is 13.1. The van der Waals surface area contributed by atoms with Gasteiger partial charge in [-0.15, -0.1) is 0 Å². The summed E-state index contributed by atoms with van der Waals surface area (Å²) in [6, 6.07) is 12.8. The number of hydrogen-bond acceptors (Lipinski definition) is 7. The zero-order chi connectivity index (χ0) is 26.1. The number of imide groups is 1. The molecule has 0 aliphatic carbocycles. The average molecular weight is 501 g/mol. The van der Waals surface area contributed by atoms with Crippen LogP contribution in [0.15, 0.2) is 47.0 Å². The van der Waals surface area contributed by atoms with E-state index >= 15 is 0 Å². The Morgan fingerprint density at radius 1 is 1.08 bits per heavy atom. The third-order valence-electron chi connectivity index (χ3n) is 6.48. The molecule has 3 heterocycles. The highest BCUT2D eigenvalue weighted by molar-refractivity contribution is 6.21. The second-order valence-corrected chi connectivity index (χ2v) is 9.39. The molecule has 0 radical (unpaired) electrons. The van der Waals surface area contributed by atoms with Gasteiger partial charge in [0.15, 0.2) is 5.82 Å². The van der Waals surface area contributed by atoms with E-state index in [-0.39, 0.29) is 30.8 Å². The van der Waals surface area contributed by atoms with Gasteiger partial charge in [0.1, 0.15) is 5.69 Å². The van der Waals surface area contributed by atoms with Crippen molar-refractivity contribution in [1.29, 1.82) is 0 Å². The minimum atomic E-state index is -0.259. The molecule has 3 amide bonds. The zero-order valence-electron chi connectivity index (χ0n) is 21.0. The number of carbonyl (C=O) groups excluding carboxylic acids is 3. The molecular weight excluding hydrogens is 472 g/mol. The van der Waals surface area contributed by atoms with Crippen molar-refractivity contribution in [3.8, 4) is 0 Å². The highest BCUT2D eigenvalue weighted by Crippen LogP contribution is 2.27. The van der Waals surface area contributed by atoms with Crippen molar-refractivity contribution in [2.75, 3.05) is 27.2 Å². The molecule has 4 aromatic rings. The van der Waals surface area contributed by atoms with Gasteiger partial charge in [-0.2, -0.15) is 4.98 Å². The molecule has 2 N–H and O–H groups in total. The van der Waals surface area contributed by atoms with E-state index in [2.05, 4.69) is 25.3 Å². The summed E-state index contributed by atoms with van der Waals surface area (Å²) in [5.74, 6) is 0.0756. The Kier molecular flexibility index (Phi) is 6.58. The average Bonchev–Trinajstić information content (AvgIpc) is 3.54. The van der Waals surface area contributed by atoms with E-state index in [1.54, 1.807) is 31.2 Å². The van der Waals surface area contributed by atoms with E-state index in [0.717, 1.165) is 28.6 Å². The molecule has 37 heavy (non-hydrogen) atoms. The van der Waals surface area contributed by atoms with E-state index in [0.29, 0.717) is 41.4 Å². The topological polar surface area (TPSA) is 124 Å². The van der Waals surface area contributed by atoms with Crippen molar-refractivity contribution in [1.82, 2.24) is 30.2 Å². The van der Waals surface area contributed by atoms with Crippen LogP contribution in [-0.2, 0) is 19.4 Å². The Labute approximate surface area is 213 Å². The quantitative estimate of drug-likeness (QED) is 0.339. The number of rotatable bonds is 9. The van der Waals surface area contributed by atoms with Crippen molar-refractivity contribution in [2.24, 2.45) is 0 Å². The molecule has 1 aliphatic rings.